The van der Waals surface area contributed by atoms with Crippen LogP contribution in [0.5, 0.6) is 0 Å². The molecule has 0 spiro atoms. The molecule has 3 saturated heterocycles. The Kier molecular flexibility index (Phi) is 4.24. The van der Waals surface area contributed by atoms with Crippen LogP contribution in [-0.2, 0) is 18.4 Å². The third kappa shape index (κ3) is 2.93. The summed E-state index contributed by atoms with van der Waals surface area (Å²) in [6, 6.07) is 0.0175. The largest absolute Gasteiger partial charge is 0.334 e. The van der Waals surface area contributed by atoms with Gasteiger partial charge >= 0.3 is 0 Å². The van der Waals surface area contributed by atoms with E-state index in [0.29, 0.717) is 30.4 Å². The lowest BCUT2D eigenvalue weighted by molar-refractivity contribution is -0.140. The van der Waals surface area contributed by atoms with Gasteiger partial charge in [-0.3, -0.25) is 14.3 Å². The quantitative estimate of drug-likeness (QED) is 0.815. The van der Waals surface area contributed by atoms with Crippen molar-refractivity contribution in [1.82, 2.24) is 24.6 Å². The van der Waals surface area contributed by atoms with Crippen LogP contribution in [-0.4, -0.2) is 55.5 Å². The zero-order valence-electron chi connectivity index (χ0n) is 13.8. The number of thiazole rings is 1. The molecule has 2 aromatic heterocycles. The molecular weight excluding hydrogens is 362 g/mol. The summed E-state index contributed by atoms with van der Waals surface area (Å²) in [6.45, 7) is 1.47. The molecule has 3 aliphatic heterocycles. The molecule has 3 fully saturated rings. The minimum atomic E-state index is -0.162. The van der Waals surface area contributed by atoms with E-state index in [-0.39, 0.29) is 23.8 Å². The molecule has 25 heavy (non-hydrogen) atoms. The highest BCUT2D eigenvalue weighted by atomic mass is 35.5. The highest BCUT2D eigenvalue weighted by molar-refractivity contribution is 7.07. The van der Waals surface area contributed by atoms with E-state index in [0.717, 1.165) is 18.5 Å². The molecule has 0 radical (unpaired) electrons. The number of amides is 2. The van der Waals surface area contributed by atoms with Crippen molar-refractivity contribution in [2.24, 2.45) is 13.0 Å². The first-order chi connectivity index (χ1) is 12.0. The van der Waals surface area contributed by atoms with Crippen LogP contribution in [0.3, 0.4) is 0 Å². The molecule has 5 heterocycles. The van der Waals surface area contributed by atoms with Crippen LogP contribution in [0.1, 0.15) is 29.0 Å². The Balaban J connectivity index is 1.58. The Morgan fingerprint density at radius 1 is 1.40 bits per heavy atom. The minimum Gasteiger partial charge on any atom is -0.334 e. The van der Waals surface area contributed by atoms with Crippen molar-refractivity contribution in [3.63, 3.8) is 0 Å². The lowest BCUT2D eigenvalue weighted by Crippen LogP contribution is -2.47. The van der Waals surface area contributed by atoms with Crippen LogP contribution in [0.4, 0.5) is 0 Å². The number of carbonyl (C=O) groups excluding carboxylic acids is 2. The zero-order chi connectivity index (χ0) is 17.6. The smallest absolute Gasteiger partial charge is 0.273 e. The third-order valence-electron chi connectivity index (χ3n) is 4.99. The van der Waals surface area contributed by atoms with Gasteiger partial charge < -0.3 is 9.80 Å². The Bertz CT molecular complexity index is 786. The van der Waals surface area contributed by atoms with E-state index in [2.05, 4.69) is 10.1 Å². The topological polar surface area (TPSA) is 71.3 Å². The number of fused-ring (bicyclic) bond motifs is 4. The number of aryl methyl sites for hydroxylation is 1. The van der Waals surface area contributed by atoms with Gasteiger partial charge in [0.15, 0.2) is 0 Å². The van der Waals surface area contributed by atoms with Gasteiger partial charge in [0.1, 0.15) is 5.69 Å². The van der Waals surface area contributed by atoms with Crippen LogP contribution >= 0.6 is 22.9 Å². The van der Waals surface area contributed by atoms with Crippen molar-refractivity contribution < 1.29 is 9.59 Å². The maximum Gasteiger partial charge on any atom is 0.273 e. The molecule has 2 aromatic rings. The van der Waals surface area contributed by atoms with E-state index >= 15 is 0 Å². The predicted octanol–water partition coefficient (Wildman–Crippen LogP) is 1.79. The van der Waals surface area contributed by atoms with Gasteiger partial charge in [0.2, 0.25) is 5.91 Å². The molecule has 7 nitrogen and oxygen atoms in total. The first-order valence-corrected chi connectivity index (χ1v) is 9.51. The summed E-state index contributed by atoms with van der Waals surface area (Å²) in [6.07, 6.45) is 3.20. The van der Waals surface area contributed by atoms with Crippen LogP contribution in [0.2, 0.25) is 5.02 Å². The minimum absolute atomic E-state index is 0.0175. The van der Waals surface area contributed by atoms with Gasteiger partial charge in [0.25, 0.3) is 5.91 Å². The average Bonchev–Trinajstić information content (AvgIpc) is 3.12. The Morgan fingerprint density at radius 3 is 2.92 bits per heavy atom. The van der Waals surface area contributed by atoms with Gasteiger partial charge in [-0.1, -0.05) is 11.6 Å². The van der Waals surface area contributed by atoms with E-state index < -0.39 is 0 Å². The molecule has 0 aliphatic carbocycles. The summed E-state index contributed by atoms with van der Waals surface area (Å²) in [5.41, 5.74) is 3.05. The summed E-state index contributed by atoms with van der Waals surface area (Å²) < 4.78 is 1.49. The number of piperidine rings is 1. The van der Waals surface area contributed by atoms with E-state index in [1.54, 1.807) is 17.5 Å². The van der Waals surface area contributed by atoms with Crippen molar-refractivity contribution in [2.75, 3.05) is 13.1 Å². The zero-order valence-corrected chi connectivity index (χ0v) is 15.3. The fraction of sp³-hybridized carbons (Fsp3) is 0.500. The van der Waals surface area contributed by atoms with E-state index in [4.69, 9.17) is 11.6 Å². The second kappa shape index (κ2) is 6.42. The maximum atomic E-state index is 12.9. The monoisotopic (exact) mass is 379 g/mol. The molecule has 0 unspecified atom stereocenters. The molecule has 0 N–H and O–H groups in total. The Labute approximate surface area is 154 Å². The fourth-order valence-corrected chi connectivity index (χ4v) is 4.50. The molecule has 9 heteroatoms. The van der Waals surface area contributed by atoms with E-state index in [9.17, 15) is 9.59 Å². The number of carbonyl (C=O) groups is 2. The average molecular weight is 380 g/mol. The molecule has 5 rings (SSSR count). The lowest BCUT2D eigenvalue weighted by Gasteiger charge is -2.35. The normalized spacial score (nSPS) is 23.2. The van der Waals surface area contributed by atoms with Gasteiger partial charge in [-0.15, -0.1) is 11.3 Å². The van der Waals surface area contributed by atoms with E-state index in [1.165, 1.54) is 22.2 Å². The molecular formula is C16H18ClN5O2S. The van der Waals surface area contributed by atoms with Crippen LogP contribution in [0.25, 0.3) is 0 Å². The SMILES string of the molecule is Cn1ncc(Cl)c1C(=O)N1C[C@H]2CC[C@@H](C1)N(Cc1cscn1)C2=O. The molecule has 132 valence electrons. The van der Waals surface area contributed by atoms with E-state index in [1.807, 2.05) is 10.3 Å². The number of nitrogens with zero attached hydrogens (tertiary/aromatic N) is 5. The van der Waals surface area contributed by atoms with Crippen molar-refractivity contribution >= 4 is 34.8 Å². The summed E-state index contributed by atoms with van der Waals surface area (Å²) in [4.78, 5) is 33.7. The highest BCUT2D eigenvalue weighted by Crippen LogP contribution is 2.31. The van der Waals surface area contributed by atoms with Gasteiger partial charge in [0, 0.05) is 31.6 Å². The summed E-state index contributed by atoms with van der Waals surface area (Å²) in [5.74, 6) is -0.200. The molecule has 2 amide bonds. The van der Waals surface area contributed by atoms with Crippen LogP contribution in [0, 0.1) is 5.92 Å². The fourth-order valence-electron chi connectivity index (χ4n) is 3.71. The lowest BCUT2D eigenvalue weighted by atomic mass is 9.94. The summed E-state index contributed by atoms with van der Waals surface area (Å²) >= 11 is 7.65. The first-order valence-electron chi connectivity index (χ1n) is 8.19. The second-order valence-corrected chi connectivity index (χ2v) is 7.67. The number of rotatable bonds is 3. The standard InChI is InChI=1S/C16H18ClN5O2S/c1-20-14(13(17)4-19-20)16(24)21-5-10-2-3-12(7-21)22(15(10)23)6-11-8-25-9-18-11/h4,8-10,12H,2-3,5-7H2,1H3/t10-,12+/m1/s1. The number of hydrogen-bond donors (Lipinski definition) is 0. The Hall–Kier alpha value is -1.93. The molecule has 2 bridgehead atoms. The molecule has 0 saturated carbocycles. The summed E-state index contributed by atoms with van der Waals surface area (Å²) in [5, 5.41) is 6.35. The van der Waals surface area contributed by atoms with Crippen LogP contribution in [0.15, 0.2) is 17.1 Å². The van der Waals surface area contributed by atoms with Crippen LogP contribution < -0.4 is 0 Å². The van der Waals surface area contributed by atoms with Crippen molar-refractivity contribution in [3.8, 4) is 0 Å². The number of halogens is 1. The van der Waals surface area contributed by atoms with Gasteiger partial charge in [-0.25, -0.2) is 4.98 Å². The molecule has 2 atom stereocenters. The predicted molar refractivity (Wildman–Crippen MR) is 93.3 cm³/mol. The van der Waals surface area contributed by atoms with Gasteiger partial charge in [-0.05, 0) is 12.8 Å². The molecule has 3 aliphatic rings. The molecule has 0 aromatic carbocycles. The highest BCUT2D eigenvalue weighted by Gasteiger charge is 2.42. The summed E-state index contributed by atoms with van der Waals surface area (Å²) in [7, 11) is 1.70. The Morgan fingerprint density at radius 2 is 2.24 bits per heavy atom. The van der Waals surface area contributed by atoms with Crippen molar-refractivity contribution in [3.05, 3.63) is 33.5 Å². The third-order valence-corrected chi connectivity index (χ3v) is 5.90. The van der Waals surface area contributed by atoms with Gasteiger partial charge in [0.05, 0.1) is 34.9 Å². The van der Waals surface area contributed by atoms with Crippen molar-refractivity contribution in [1.29, 1.82) is 0 Å². The maximum absolute atomic E-state index is 12.9. The van der Waals surface area contributed by atoms with Crippen molar-refractivity contribution in [2.45, 2.75) is 25.4 Å². The number of hydrogen-bond acceptors (Lipinski definition) is 5. The number of aromatic nitrogens is 3. The van der Waals surface area contributed by atoms with Gasteiger partial charge in [-0.2, -0.15) is 5.10 Å². The first kappa shape index (κ1) is 16.5. The second-order valence-electron chi connectivity index (χ2n) is 6.55.